The third-order valence-electron chi connectivity index (χ3n) is 5.40. The van der Waals surface area contributed by atoms with Crippen LogP contribution in [0.2, 0.25) is 10.0 Å². The highest BCUT2D eigenvalue weighted by Gasteiger charge is 2.32. The van der Waals surface area contributed by atoms with E-state index in [0.717, 1.165) is 22.5 Å². The highest BCUT2D eigenvalue weighted by atomic mass is 35.5. The van der Waals surface area contributed by atoms with Gasteiger partial charge in [0.05, 0.1) is 11.9 Å². The van der Waals surface area contributed by atoms with Gasteiger partial charge >= 0.3 is 0 Å². The molecule has 0 radical (unpaired) electrons. The predicted octanol–water partition coefficient (Wildman–Crippen LogP) is 4.48. The van der Waals surface area contributed by atoms with Crippen molar-refractivity contribution in [3.63, 3.8) is 0 Å². The van der Waals surface area contributed by atoms with Crippen LogP contribution in [0, 0.1) is 0 Å². The molecule has 0 bridgehead atoms. The van der Waals surface area contributed by atoms with E-state index in [2.05, 4.69) is 5.32 Å². The standard InChI is InChI=1S/C24H31Cl2N3O4S/c1-5-17(3)27-24(31)22(6-2)28(15-18-10-8-7-9-11-18)23(30)16-29(34(4,32)33)21-13-19(25)12-20(26)14-21/h7-14,17,22H,5-6,15-16H2,1-4H3,(H,27,31)/t17-,22+/m1/s1. The Labute approximate surface area is 212 Å². The lowest BCUT2D eigenvalue weighted by molar-refractivity contribution is -0.140. The summed E-state index contributed by atoms with van der Waals surface area (Å²) in [5.41, 5.74) is 0.993. The molecule has 1 N–H and O–H groups in total. The summed E-state index contributed by atoms with van der Waals surface area (Å²) in [5.74, 6) is -0.797. The molecule has 34 heavy (non-hydrogen) atoms. The quantitative estimate of drug-likeness (QED) is 0.466. The summed E-state index contributed by atoms with van der Waals surface area (Å²) in [7, 11) is -3.86. The second-order valence-corrected chi connectivity index (χ2v) is 10.9. The van der Waals surface area contributed by atoms with E-state index < -0.39 is 28.5 Å². The van der Waals surface area contributed by atoms with Gasteiger partial charge in [-0.25, -0.2) is 8.42 Å². The first-order valence-corrected chi connectivity index (χ1v) is 13.6. The van der Waals surface area contributed by atoms with Crippen molar-refractivity contribution < 1.29 is 18.0 Å². The zero-order valence-electron chi connectivity index (χ0n) is 19.8. The summed E-state index contributed by atoms with van der Waals surface area (Å²) in [6.07, 6.45) is 2.11. The van der Waals surface area contributed by atoms with Crippen LogP contribution in [0.1, 0.15) is 39.2 Å². The van der Waals surface area contributed by atoms with E-state index >= 15 is 0 Å². The number of hydrogen-bond donors (Lipinski definition) is 1. The lowest BCUT2D eigenvalue weighted by Gasteiger charge is -2.33. The molecule has 0 saturated carbocycles. The second-order valence-electron chi connectivity index (χ2n) is 8.15. The first kappa shape index (κ1) is 28.0. The van der Waals surface area contributed by atoms with Gasteiger partial charge in [0.1, 0.15) is 12.6 Å². The lowest BCUT2D eigenvalue weighted by Crippen LogP contribution is -2.53. The van der Waals surface area contributed by atoms with Crippen molar-refractivity contribution in [3.8, 4) is 0 Å². The Morgan fingerprint density at radius 3 is 2.09 bits per heavy atom. The van der Waals surface area contributed by atoms with Crippen molar-refractivity contribution in [3.05, 3.63) is 64.1 Å². The van der Waals surface area contributed by atoms with Gasteiger partial charge in [0.15, 0.2) is 0 Å². The molecule has 186 valence electrons. The largest absolute Gasteiger partial charge is 0.352 e. The number of benzene rings is 2. The average Bonchev–Trinajstić information content (AvgIpc) is 2.76. The molecular weight excluding hydrogens is 497 g/mol. The van der Waals surface area contributed by atoms with Gasteiger partial charge in [0, 0.05) is 22.6 Å². The molecule has 2 aromatic carbocycles. The minimum atomic E-state index is -3.86. The van der Waals surface area contributed by atoms with Crippen LogP contribution in [0.5, 0.6) is 0 Å². The van der Waals surface area contributed by atoms with Gasteiger partial charge in [0.25, 0.3) is 0 Å². The summed E-state index contributed by atoms with van der Waals surface area (Å²) in [4.78, 5) is 28.1. The number of amides is 2. The molecule has 0 aliphatic rings. The smallest absolute Gasteiger partial charge is 0.244 e. The number of nitrogens with zero attached hydrogens (tertiary/aromatic N) is 2. The van der Waals surface area contributed by atoms with E-state index in [0.29, 0.717) is 6.42 Å². The van der Waals surface area contributed by atoms with Gasteiger partial charge < -0.3 is 10.2 Å². The molecular formula is C24H31Cl2N3O4S. The lowest BCUT2D eigenvalue weighted by atomic mass is 10.1. The fourth-order valence-corrected chi connectivity index (χ4v) is 4.79. The normalized spacial score (nSPS) is 13.1. The zero-order chi connectivity index (χ0) is 25.5. The van der Waals surface area contributed by atoms with Crippen LogP contribution in [0.25, 0.3) is 0 Å². The molecule has 0 aromatic heterocycles. The van der Waals surface area contributed by atoms with Gasteiger partial charge in [-0.1, -0.05) is 67.4 Å². The Balaban J connectivity index is 2.44. The Morgan fingerprint density at radius 1 is 1.00 bits per heavy atom. The molecule has 2 amide bonds. The molecule has 0 aliphatic heterocycles. The molecule has 0 heterocycles. The summed E-state index contributed by atoms with van der Waals surface area (Å²) in [6, 6.07) is 12.7. The molecule has 0 spiro atoms. The number of anilines is 1. The monoisotopic (exact) mass is 527 g/mol. The average molecular weight is 529 g/mol. The van der Waals surface area contributed by atoms with Crippen LogP contribution in [-0.2, 0) is 26.2 Å². The number of hydrogen-bond acceptors (Lipinski definition) is 4. The summed E-state index contributed by atoms with van der Waals surface area (Å²) in [5, 5.41) is 3.41. The van der Waals surface area contributed by atoms with Gasteiger partial charge in [-0.3, -0.25) is 13.9 Å². The fraction of sp³-hybridized carbons (Fsp3) is 0.417. The van der Waals surface area contributed by atoms with Crippen molar-refractivity contribution in [2.45, 2.75) is 52.2 Å². The van der Waals surface area contributed by atoms with Crippen LogP contribution in [-0.4, -0.2) is 50.0 Å². The molecule has 0 aliphatic carbocycles. The number of nitrogens with one attached hydrogen (secondary N) is 1. The maximum Gasteiger partial charge on any atom is 0.244 e. The third-order valence-corrected chi connectivity index (χ3v) is 6.97. The molecule has 0 saturated heterocycles. The number of sulfonamides is 1. The maximum atomic E-state index is 13.6. The van der Waals surface area contributed by atoms with E-state index in [9.17, 15) is 18.0 Å². The van der Waals surface area contributed by atoms with Crippen LogP contribution in [0.15, 0.2) is 48.5 Å². The predicted molar refractivity (Wildman–Crippen MR) is 138 cm³/mol. The van der Waals surface area contributed by atoms with Gasteiger partial charge in [-0.05, 0) is 43.5 Å². The number of halogens is 2. The maximum absolute atomic E-state index is 13.6. The highest BCUT2D eigenvalue weighted by Crippen LogP contribution is 2.27. The topological polar surface area (TPSA) is 86.8 Å². The molecule has 2 atom stereocenters. The second kappa shape index (κ2) is 12.4. The summed E-state index contributed by atoms with van der Waals surface area (Å²) < 4.78 is 26.2. The van der Waals surface area contributed by atoms with Gasteiger partial charge in [-0.15, -0.1) is 0 Å². The SMILES string of the molecule is CC[C@@H](C)NC(=O)[C@H](CC)N(Cc1ccccc1)C(=O)CN(c1cc(Cl)cc(Cl)c1)S(C)(=O)=O. The molecule has 10 heteroatoms. The fourth-order valence-electron chi connectivity index (χ4n) is 3.44. The number of carbonyl (C=O) groups is 2. The summed E-state index contributed by atoms with van der Waals surface area (Å²) >= 11 is 12.1. The Morgan fingerprint density at radius 2 is 1.59 bits per heavy atom. The van der Waals surface area contributed by atoms with E-state index in [-0.39, 0.29) is 34.2 Å². The number of carbonyl (C=O) groups excluding carboxylic acids is 2. The minimum Gasteiger partial charge on any atom is -0.352 e. The van der Waals surface area contributed by atoms with E-state index in [1.165, 1.54) is 23.1 Å². The van der Waals surface area contributed by atoms with Crippen molar-refractivity contribution in [1.82, 2.24) is 10.2 Å². The first-order valence-electron chi connectivity index (χ1n) is 11.0. The minimum absolute atomic E-state index is 0.0589. The molecule has 2 rings (SSSR count). The van der Waals surface area contributed by atoms with E-state index in [1.54, 1.807) is 0 Å². The molecule has 0 fully saturated rings. The van der Waals surface area contributed by atoms with Gasteiger partial charge in [0.2, 0.25) is 21.8 Å². The van der Waals surface area contributed by atoms with Crippen LogP contribution < -0.4 is 9.62 Å². The Bertz CT molecular complexity index is 1080. The van der Waals surface area contributed by atoms with Gasteiger partial charge in [-0.2, -0.15) is 0 Å². The van der Waals surface area contributed by atoms with E-state index in [1.807, 2.05) is 51.1 Å². The third kappa shape index (κ3) is 7.89. The van der Waals surface area contributed by atoms with Crippen molar-refractivity contribution in [1.29, 1.82) is 0 Å². The van der Waals surface area contributed by atoms with Crippen molar-refractivity contribution >= 4 is 50.7 Å². The van der Waals surface area contributed by atoms with Crippen molar-refractivity contribution in [2.75, 3.05) is 17.1 Å². The van der Waals surface area contributed by atoms with E-state index in [4.69, 9.17) is 23.2 Å². The molecule has 2 aromatic rings. The van der Waals surface area contributed by atoms with Crippen molar-refractivity contribution in [2.24, 2.45) is 0 Å². The molecule has 0 unspecified atom stereocenters. The molecule has 7 nitrogen and oxygen atoms in total. The number of rotatable bonds is 11. The zero-order valence-corrected chi connectivity index (χ0v) is 22.1. The first-order chi connectivity index (χ1) is 16.0. The van der Waals surface area contributed by atoms with Crippen LogP contribution in [0.4, 0.5) is 5.69 Å². The Kier molecular flexibility index (Phi) is 10.2. The highest BCUT2D eigenvalue weighted by molar-refractivity contribution is 7.92. The van der Waals surface area contributed by atoms with Crippen LogP contribution in [0.3, 0.4) is 0 Å². The summed E-state index contributed by atoms with van der Waals surface area (Å²) in [6.45, 7) is 5.31. The Hall–Kier alpha value is -2.29. The van der Waals surface area contributed by atoms with Crippen LogP contribution >= 0.6 is 23.2 Å².